The molecule has 0 nitrogen and oxygen atoms in total. The average molecular weight is 294 g/mol. The van der Waals surface area contributed by atoms with Gasteiger partial charge in [0.15, 0.2) is 0 Å². The van der Waals surface area contributed by atoms with Crippen LogP contribution in [0.5, 0.6) is 0 Å². The van der Waals surface area contributed by atoms with Crippen molar-refractivity contribution in [2.75, 3.05) is 0 Å². The van der Waals surface area contributed by atoms with Crippen molar-refractivity contribution < 1.29 is 8.78 Å². The van der Waals surface area contributed by atoms with Crippen LogP contribution >= 0.6 is 11.8 Å². The van der Waals surface area contributed by atoms with E-state index in [1.165, 1.54) is 17.7 Å². The molecule has 0 unspecified atom stereocenters. The molecule has 2 fully saturated rings. The van der Waals surface area contributed by atoms with Crippen LogP contribution in [0, 0.1) is 5.92 Å². The molecule has 0 aliphatic heterocycles. The maximum atomic E-state index is 13.2. The standard InChI is InChI=1S/C17H20F2S/c1-11(8-12-9-16(18)17(19)10-12)13-2-4-14(5-3-13)20-15-6-7-15/h2-5,8,12,15-17H,6-7,9-10H2,1H3/b11-8-/t12-,16+,17-. The van der Waals surface area contributed by atoms with E-state index >= 15 is 0 Å². The van der Waals surface area contributed by atoms with E-state index in [1.807, 2.05) is 24.8 Å². The number of rotatable bonds is 4. The van der Waals surface area contributed by atoms with Crippen LogP contribution in [0.1, 0.15) is 38.2 Å². The second-order valence-electron chi connectivity index (χ2n) is 5.95. The minimum absolute atomic E-state index is 0.0421. The lowest BCUT2D eigenvalue weighted by Crippen LogP contribution is -2.06. The van der Waals surface area contributed by atoms with E-state index in [-0.39, 0.29) is 5.92 Å². The highest BCUT2D eigenvalue weighted by Gasteiger charge is 2.33. The van der Waals surface area contributed by atoms with E-state index in [9.17, 15) is 8.78 Å². The molecule has 20 heavy (non-hydrogen) atoms. The Kier molecular flexibility index (Phi) is 4.16. The lowest BCUT2D eigenvalue weighted by atomic mass is 10.00. The molecule has 3 heteroatoms. The Morgan fingerprint density at radius 3 is 2.25 bits per heavy atom. The Hall–Kier alpha value is -0.830. The molecule has 0 N–H and O–H groups in total. The first-order valence-corrected chi connectivity index (χ1v) is 8.23. The minimum atomic E-state index is -1.28. The van der Waals surface area contributed by atoms with Gasteiger partial charge in [0.05, 0.1) is 0 Å². The third-order valence-corrected chi connectivity index (χ3v) is 5.42. The predicted molar refractivity (Wildman–Crippen MR) is 81.5 cm³/mol. The highest BCUT2D eigenvalue weighted by atomic mass is 32.2. The van der Waals surface area contributed by atoms with Gasteiger partial charge >= 0.3 is 0 Å². The Morgan fingerprint density at radius 1 is 1.10 bits per heavy atom. The smallest absolute Gasteiger partial charge is 0.132 e. The Balaban J connectivity index is 1.65. The van der Waals surface area contributed by atoms with Gasteiger partial charge in [0.25, 0.3) is 0 Å². The molecule has 0 bridgehead atoms. The van der Waals surface area contributed by atoms with E-state index in [4.69, 9.17) is 0 Å². The molecular formula is C17H20F2S. The molecule has 108 valence electrons. The molecule has 2 saturated carbocycles. The van der Waals surface area contributed by atoms with Crippen molar-refractivity contribution in [2.24, 2.45) is 5.92 Å². The van der Waals surface area contributed by atoms with Crippen molar-refractivity contribution in [1.82, 2.24) is 0 Å². The Morgan fingerprint density at radius 2 is 1.70 bits per heavy atom. The molecule has 0 amide bonds. The van der Waals surface area contributed by atoms with Gasteiger partial charge in [-0.3, -0.25) is 0 Å². The van der Waals surface area contributed by atoms with E-state index in [0.717, 1.165) is 16.4 Å². The van der Waals surface area contributed by atoms with Crippen molar-refractivity contribution >= 4 is 17.3 Å². The molecule has 3 atom stereocenters. The fourth-order valence-electron chi connectivity index (χ4n) is 2.73. The van der Waals surface area contributed by atoms with Gasteiger partial charge in [0, 0.05) is 10.1 Å². The van der Waals surface area contributed by atoms with Gasteiger partial charge in [-0.25, -0.2) is 8.78 Å². The van der Waals surface area contributed by atoms with Crippen LogP contribution in [0.2, 0.25) is 0 Å². The van der Waals surface area contributed by atoms with E-state index < -0.39 is 12.3 Å². The van der Waals surface area contributed by atoms with Crippen LogP contribution in [0.4, 0.5) is 8.78 Å². The van der Waals surface area contributed by atoms with Crippen molar-refractivity contribution in [2.45, 2.75) is 55.1 Å². The molecule has 0 heterocycles. The summed E-state index contributed by atoms with van der Waals surface area (Å²) in [6.07, 6.45) is 2.81. The van der Waals surface area contributed by atoms with Gasteiger partial charge in [-0.2, -0.15) is 0 Å². The maximum Gasteiger partial charge on any atom is 0.132 e. The van der Waals surface area contributed by atoms with Gasteiger partial charge in [0.2, 0.25) is 0 Å². The minimum Gasteiger partial charge on any atom is -0.244 e. The first kappa shape index (κ1) is 14.1. The summed E-state index contributed by atoms with van der Waals surface area (Å²) in [5, 5.41) is 0.818. The number of hydrogen-bond acceptors (Lipinski definition) is 1. The number of hydrogen-bond donors (Lipinski definition) is 0. The van der Waals surface area contributed by atoms with Crippen molar-refractivity contribution in [1.29, 1.82) is 0 Å². The molecule has 0 radical (unpaired) electrons. The van der Waals surface area contributed by atoms with Crippen LogP contribution in [0.25, 0.3) is 5.57 Å². The zero-order valence-corrected chi connectivity index (χ0v) is 12.5. The fourth-order valence-corrected chi connectivity index (χ4v) is 3.78. The molecule has 1 aromatic rings. The second kappa shape index (κ2) is 5.88. The van der Waals surface area contributed by atoms with Crippen molar-refractivity contribution in [3.05, 3.63) is 35.9 Å². The summed E-state index contributed by atoms with van der Waals surface area (Å²) in [6.45, 7) is 2.03. The Labute approximate surface area is 123 Å². The molecule has 0 aromatic heterocycles. The maximum absolute atomic E-state index is 13.2. The summed E-state index contributed by atoms with van der Waals surface area (Å²) >= 11 is 1.94. The van der Waals surface area contributed by atoms with Crippen molar-refractivity contribution in [3.63, 3.8) is 0 Å². The number of halogens is 2. The third-order valence-electron chi connectivity index (χ3n) is 4.07. The quantitative estimate of drug-likeness (QED) is 0.713. The molecule has 1 aromatic carbocycles. The first-order valence-electron chi connectivity index (χ1n) is 7.35. The van der Waals surface area contributed by atoms with Crippen LogP contribution in [0.3, 0.4) is 0 Å². The van der Waals surface area contributed by atoms with Gasteiger partial charge in [-0.1, -0.05) is 18.2 Å². The molecule has 0 saturated heterocycles. The first-order chi connectivity index (χ1) is 9.61. The summed E-state index contributed by atoms with van der Waals surface area (Å²) < 4.78 is 26.4. The van der Waals surface area contributed by atoms with Crippen LogP contribution in [0.15, 0.2) is 35.2 Å². The largest absolute Gasteiger partial charge is 0.244 e. The number of alkyl halides is 2. The number of allylic oxidation sites excluding steroid dienone is 2. The topological polar surface area (TPSA) is 0 Å². The third kappa shape index (κ3) is 3.43. The van der Waals surface area contributed by atoms with Crippen LogP contribution in [-0.2, 0) is 0 Å². The fraction of sp³-hybridized carbons (Fsp3) is 0.529. The highest BCUT2D eigenvalue weighted by molar-refractivity contribution is 8.00. The Bertz CT molecular complexity index is 480. The zero-order chi connectivity index (χ0) is 14.1. The summed E-state index contributed by atoms with van der Waals surface area (Å²) in [5.74, 6) is 0.0421. The SMILES string of the molecule is C/C(=C/[C@H]1C[C@@H](F)[C@@H](F)C1)c1ccc(SC2CC2)cc1. The summed E-state index contributed by atoms with van der Waals surface area (Å²) in [4.78, 5) is 1.32. The van der Waals surface area contributed by atoms with E-state index in [2.05, 4.69) is 24.3 Å². The van der Waals surface area contributed by atoms with E-state index in [0.29, 0.717) is 12.8 Å². The monoisotopic (exact) mass is 294 g/mol. The van der Waals surface area contributed by atoms with Crippen LogP contribution < -0.4 is 0 Å². The summed E-state index contributed by atoms with van der Waals surface area (Å²) in [5.41, 5.74) is 2.28. The average Bonchev–Trinajstić information content (AvgIpc) is 3.17. The highest BCUT2D eigenvalue weighted by Crippen LogP contribution is 2.39. The lowest BCUT2D eigenvalue weighted by Gasteiger charge is -2.07. The normalized spacial score (nSPS) is 30.8. The van der Waals surface area contributed by atoms with Gasteiger partial charge in [0.1, 0.15) is 12.3 Å². The summed E-state index contributed by atoms with van der Waals surface area (Å²) in [6, 6.07) is 8.54. The molecular weight excluding hydrogens is 274 g/mol. The van der Waals surface area contributed by atoms with Gasteiger partial charge in [-0.05, 0) is 61.8 Å². The summed E-state index contributed by atoms with van der Waals surface area (Å²) in [7, 11) is 0. The number of benzene rings is 1. The number of thioether (sulfide) groups is 1. The van der Waals surface area contributed by atoms with Gasteiger partial charge < -0.3 is 0 Å². The molecule has 2 aliphatic carbocycles. The lowest BCUT2D eigenvalue weighted by molar-refractivity contribution is 0.199. The molecule has 2 aliphatic rings. The van der Waals surface area contributed by atoms with Gasteiger partial charge in [-0.15, -0.1) is 11.8 Å². The van der Waals surface area contributed by atoms with E-state index in [1.54, 1.807) is 0 Å². The zero-order valence-electron chi connectivity index (χ0n) is 11.7. The second-order valence-corrected chi connectivity index (χ2v) is 7.33. The molecule has 0 spiro atoms. The predicted octanol–water partition coefficient (Wildman–Crippen LogP) is 5.43. The van der Waals surface area contributed by atoms with Crippen LogP contribution in [-0.4, -0.2) is 17.6 Å². The molecule has 3 rings (SSSR count). The van der Waals surface area contributed by atoms with Crippen molar-refractivity contribution in [3.8, 4) is 0 Å².